The molecule has 0 heterocycles. The highest BCUT2D eigenvalue weighted by atomic mass is 16.6. The lowest BCUT2D eigenvalue weighted by atomic mass is 10.2. The van der Waals surface area contributed by atoms with Crippen LogP contribution in [0, 0.1) is 0 Å². The highest BCUT2D eigenvalue weighted by molar-refractivity contribution is 5.79. The smallest absolute Gasteiger partial charge is 0.410 e. The maximum atomic E-state index is 12.1. The zero-order valence-corrected chi connectivity index (χ0v) is 14.9. The van der Waals surface area contributed by atoms with E-state index < -0.39 is 12.2 Å². The largest absolute Gasteiger partial charge is 0.415 e. The molecule has 0 unspecified atom stereocenters. The third-order valence-corrected chi connectivity index (χ3v) is 3.64. The zero-order valence-electron chi connectivity index (χ0n) is 14.9. The number of para-hydroxylation sites is 1. The molecule has 0 N–H and O–H groups in total. The summed E-state index contributed by atoms with van der Waals surface area (Å²) in [6.07, 6.45) is -0.926. The van der Waals surface area contributed by atoms with Crippen molar-refractivity contribution >= 4 is 17.9 Å². The number of amides is 2. The molecule has 1 aromatic rings. The molecule has 0 spiro atoms. The van der Waals surface area contributed by atoms with Gasteiger partial charge in [-0.05, 0) is 39.8 Å². The molecule has 24 heavy (non-hydrogen) atoms. The molecule has 0 atom stereocenters. The quantitative estimate of drug-likeness (QED) is 0.708. The Kier molecular flexibility index (Phi) is 7.82. The minimum absolute atomic E-state index is 0.148. The number of carbonyl (C=O) groups is 2. The summed E-state index contributed by atoms with van der Waals surface area (Å²) in [5.74, 6) is 0.460. The number of ether oxygens (including phenoxy) is 2. The first-order chi connectivity index (χ1) is 11.5. The van der Waals surface area contributed by atoms with Crippen LogP contribution in [0.2, 0.25) is 0 Å². The fourth-order valence-corrected chi connectivity index (χ4v) is 2.13. The lowest BCUT2D eigenvalue weighted by Gasteiger charge is -2.21. The predicted molar refractivity (Wildman–Crippen MR) is 93.8 cm³/mol. The van der Waals surface area contributed by atoms with Crippen LogP contribution < -0.4 is 4.74 Å². The lowest BCUT2D eigenvalue weighted by molar-refractivity contribution is 0.148. The van der Waals surface area contributed by atoms with E-state index in [0.717, 1.165) is 0 Å². The van der Waals surface area contributed by atoms with E-state index in [4.69, 9.17) is 9.47 Å². The Morgan fingerprint density at radius 2 is 1.42 bits per heavy atom. The molecule has 0 aromatic heterocycles. The molecular weight excluding hydrogens is 308 g/mol. The first-order valence-electron chi connectivity index (χ1n) is 8.20. The number of hydrogen-bond donors (Lipinski definition) is 0. The van der Waals surface area contributed by atoms with Crippen LogP contribution in [0.1, 0.15) is 33.3 Å². The molecule has 6 nitrogen and oxygen atoms in total. The molecule has 0 fully saturated rings. The third-order valence-electron chi connectivity index (χ3n) is 3.64. The number of rotatable bonds is 7. The van der Waals surface area contributed by atoms with Crippen molar-refractivity contribution in [3.8, 4) is 5.75 Å². The summed E-state index contributed by atoms with van der Waals surface area (Å²) in [5, 5.41) is 0. The van der Waals surface area contributed by atoms with Gasteiger partial charge in [0.2, 0.25) is 0 Å². The molecule has 2 amide bonds. The second-order valence-electron chi connectivity index (χ2n) is 5.00. The monoisotopic (exact) mass is 334 g/mol. The number of hydrogen-bond acceptors (Lipinski definition) is 4. The van der Waals surface area contributed by atoms with Crippen molar-refractivity contribution in [1.82, 2.24) is 9.80 Å². The van der Waals surface area contributed by atoms with Crippen LogP contribution in [-0.2, 0) is 4.74 Å². The van der Waals surface area contributed by atoms with Crippen molar-refractivity contribution in [1.29, 1.82) is 0 Å². The maximum absolute atomic E-state index is 12.1. The van der Waals surface area contributed by atoms with Gasteiger partial charge in [-0.25, -0.2) is 9.59 Å². The molecule has 1 aromatic carbocycles. The maximum Gasteiger partial charge on any atom is 0.415 e. The summed E-state index contributed by atoms with van der Waals surface area (Å²) in [7, 11) is 0. The Labute approximate surface area is 143 Å². The summed E-state index contributed by atoms with van der Waals surface area (Å²) in [4.78, 5) is 27.3. The van der Waals surface area contributed by atoms with Gasteiger partial charge in [0, 0.05) is 26.2 Å². The molecule has 0 aliphatic heterocycles. The SMILES string of the molecule is C=C(OC(=O)N(CC)CC)c1ccccc1OC(=O)N(CC)CC. The van der Waals surface area contributed by atoms with Crippen LogP contribution in [0.3, 0.4) is 0 Å². The van der Waals surface area contributed by atoms with Gasteiger partial charge >= 0.3 is 12.2 Å². The lowest BCUT2D eigenvalue weighted by Crippen LogP contribution is -2.33. The minimum Gasteiger partial charge on any atom is -0.410 e. The Bertz CT molecular complexity index is 578. The van der Waals surface area contributed by atoms with Crippen molar-refractivity contribution in [2.24, 2.45) is 0 Å². The van der Waals surface area contributed by atoms with Gasteiger partial charge in [0.05, 0.1) is 5.56 Å². The van der Waals surface area contributed by atoms with Crippen molar-refractivity contribution in [3.05, 3.63) is 36.4 Å². The van der Waals surface area contributed by atoms with E-state index in [2.05, 4.69) is 6.58 Å². The molecule has 0 saturated carbocycles. The van der Waals surface area contributed by atoms with Gasteiger partial charge in [0.1, 0.15) is 11.5 Å². The van der Waals surface area contributed by atoms with E-state index in [1.807, 2.05) is 27.7 Å². The van der Waals surface area contributed by atoms with Crippen LogP contribution in [0.25, 0.3) is 5.76 Å². The Balaban J connectivity index is 2.91. The third kappa shape index (κ3) is 5.01. The molecule has 132 valence electrons. The topological polar surface area (TPSA) is 59.1 Å². The number of nitrogens with zero attached hydrogens (tertiary/aromatic N) is 2. The van der Waals surface area contributed by atoms with E-state index in [0.29, 0.717) is 37.5 Å². The molecule has 0 aliphatic rings. The molecule has 0 radical (unpaired) electrons. The molecule has 0 saturated heterocycles. The van der Waals surface area contributed by atoms with Crippen molar-refractivity contribution < 1.29 is 19.1 Å². The zero-order chi connectivity index (χ0) is 18.1. The van der Waals surface area contributed by atoms with Crippen LogP contribution >= 0.6 is 0 Å². The van der Waals surface area contributed by atoms with E-state index in [1.54, 1.807) is 29.2 Å². The summed E-state index contributed by atoms with van der Waals surface area (Å²) in [6, 6.07) is 6.85. The highest BCUT2D eigenvalue weighted by Gasteiger charge is 2.19. The number of carbonyl (C=O) groups excluding carboxylic acids is 2. The van der Waals surface area contributed by atoms with Gasteiger partial charge in [-0.1, -0.05) is 18.7 Å². The van der Waals surface area contributed by atoms with E-state index in [1.165, 1.54) is 4.90 Å². The van der Waals surface area contributed by atoms with Crippen molar-refractivity contribution in [2.45, 2.75) is 27.7 Å². The fourth-order valence-electron chi connectivity index (χ4n) is 2.13. The van der Waals surface area contributed by atoms with E-state index in [9.17, 15) is 9.59 Å². The van der Waals surface area contributed by atoms with Crippen LogP contribution in [0.5, 0.6) is 5.75 Å². The minimum atomic E-state index is -0.477. The molecular formula is C18H26N2O4. The van der Waals surface area contributed by atoms with Crippen LogP contribution in [0.15, 0.2) is 30.8 Å². The summed E-state index contributed by atoms with van der Waals surface area (Å²) in [5.41, 5.74) is 0.471. The average Bonchev–Trinajstić information content (AvgIpc) is 2.57. The summed E-state index contributed by atoms with van der Waals surface area (Å²) >= 11 is 0. The molecule has 6 heteroatoms. The number of benzene rings is 1. The predicted octanol–water partition coefficient (Wildman–Crippen LogP) is 3.98. The highest BCUT2D eigenvalue weighted by Crippen LogP contribution is 2.26. The van der Waals surface area contributed by atoms with Gasteiger partial charge in [-0.2, -0.15) is 0 Å². The Morgan fingerprint density at radius 3 is 1.96 bits per heavy atom. The second kappa shape index (κ2) is 9.60. The van der Waals surface area contributed by atoms with Gasteiger partial charge in [0.15, 0.2) is 0 Å². The van der Waals surface area contributed by atoms with Crippen molar-refractivity contribution in [3.63, 3.8) is 0 Å². The standard InChI is InChI=1S/C18H26N2O4/c1-6-19(7-2)17(21)23-14(5)15-12-10-11-13-16(15)24-18(22)20(8-3)9-4/h10-13H,5-9H2,1-4H3. The van der Waals surface area contributed by atoms with Gasteiger partial charge in [-0.3, -0.25) is 0 Å². The normalized spacial score (nSPS) is 10.0. The summed E-state index contributed by atoms with van der Waals surface area (Å²) < 4.78 is 10.7. The average molecular weight is 334 g/mol. The van der Waals surface area contributed by atoms with Crippen LogP contribution in [0.4, 0.5) is 9.59 Å². The summed E-state index contributed by atoms with van der Waals surface area (Å²) in [6.45, 7) is 13.5. The Morgan fingerprint density at radius 1 is 0.917 bits per heavy atom. The van der Waals surface area contributed by atoms with E-state index >= 15 is 0 Å². The molecule has 0 bridgehead atoms. The van der Waals surface area contributed by atoms with Gasteiger partial charge in [-0.15, -0.1) is 0 Å². The first-order valence-corrected chi connectivity index (χ1v) is 8.20. The first kappa shape index (κ1) is 19.5. The fraction of sp³-hybridized carbons (Fsp3) is 0.444. The molecule has 1 rings (SSSR count). The van der Waals surface area contributed by atoms with Crippen molar-refractivity contribution in [2.75, 3.05) is 26.2 Å². The van der Waals surface area contributed by atoms with Gasteiger partial charge in [0.25, 0.3) is 0 Å². The molecule has 0 aliphatic carbocycles. The van der Waals surface area contributed by atoms with E-state index in [-0.39, 0.29) is 5.76 Å². The second-order valence-corrected chi connectivity index (χ2v) is 5.00. The van der Waals surface area contributed by atoms with Crippen LogP contribution in [-0.4, -0.2) is 48.2 Å². The van der Waals surface area contributed by atoms with Gasteiger partial charge < -0.3 is 19.3 Å². The Hall–Kier alpha value is -2.50.